The van der Waals surface area contributed by atoms with Crippen molar-refractivity contribution >= 4 is 0 Å². The monoisotopic (exact) mass is 253 g/mol. The van der Waals surface area contributed by atoms with Crippen molar-refractivity contribution < 1.29 is 14.2 Å². The van der Waals surface area contributed by atoms with E-state index in [1.165, 1.54) is 0 Å². The van der Waals surface area contributed by atoms with E-state index in [9.17, 15) is 0 Å². The molecule has 0 unspecified atom stereocenters. The van der Waals surface area contributed by atoms with Crippen LogP contribution in [0.1, 0.15) is 19.4 Å². The van der Waals surface area contributed by atoms with Crippen LogP contribution in [0.2, 0.25) is 0 Å². The van der Waals surface area contributed by atoms with Crippen LogP contribution in [0.3, 0.4) is 0 Å². The third-order valence-corrected chi connectivity index (χ3v) is 2.51. The zero-order valence-electron chi connectivity index (χ0n) is 11.7. The van der Waals surface area contributed by atoms with Gasteiger partial charge in [-0.25, -0.2) is 0 Å². The van der Waals surface area contributed by atoms with Crippen LogP contribution in [0.5, 0.6) is 17.2 Å². The average Bonchev–Trinajstić information content (AvgIpc) is 2.36. The van der Waals surface area contributed by atoms with E-state index in [2.05, 4.69) is 13.8 Å². The first kappa shape index (κ1) is 14.6. The van der Waals surface area contributed by atoms with Crippen molar-refractivity contribution in [1.29, 1.82) is 0 Å². The standard InChI is InChI=1S/C14H23NO3/c1-10(2)9-18-14-12(16-3)7-11(5-6-15)8-13(14)17-4/h7-8,10H,5-6,9,15H2,1-4H3. The van der Waals surface area contributed by atoms with Crippen molar-refractivity contribution in [3.8, 4) is 17.2 Å². The Morgan fingerprint density at radius 2 is 1.67 bits per heavy atom. The maximum absolute atomic E-state index is 5.76. The van der Waals surface area contributed by atoms with Gasteiger partial charge in [0.15, 0.2) is 11.5 Å². The Kier molecular flexibility index (Phi) is 5.78. The van der Waals surface area contributed by atoms with Crippen LogP contribution >= 0.6 is 0 Å². The summed E-state index contributed by atoms with van der Waals surface area (Å²) in [5, 5.41) is 0. The van der Waals surface area contributed by atoms with Crippen LogP contribution in [0.4, 0.5) is 0 Å². The third-order valence-electron chi connectivity index (χ3n) is 2.51. The Labute approximate surface area is 109 Å². The molecule has 4 heteroatoms. The van der Waals surface area contributed by atoms with Gasteiger partial charge in [-0.15, -0.1) is 0 Å². The van der Waals surface area contributed by atoms with Crippen molar-refractivity contribution in [1.82, 2.24) is 0 Å². The molecule has 0 bridgehead atoms. The van der Waals surface area contributed by atoms with Crippen LogP contribution < -0.4 is 19.9 Å². The van der Waals surface area contributed by atoms with E-state index in [1.807, 2.05) is 12.1 Å². The van der Waals surface area contributed by atoms with Crippen molar-refractivity contribution in [3.63, 3.8) is 0 Å². The predicted molar refractivity (Wildman–Crippen MR) is 72.6 cm³/mol. The minimum absolute atomic E-state index is 0.447. The zero-order valence-corrected chi connectivity index (χ0v) is 11.7. The number of ether oxygens (including phenoxy) is 3. The number of benzene rings is 1. The molecule has 0 aliphatic rings. The smallest absolute Gasteiger partial charge is 0.203 e. The SMILES string of the molecule is COc1cc(CCN)cc(OC)c1OCC(C)C. The second kappa shape index (κ2) is 7.11. The molecule has 0 atom stereocenters. The lowest BCUT2D eigenvalue weighted by atomic mass is 10.1. The molecule has 0 fully saturated rings. The fourth-order valence-electron chi connectivity index (χ4n) is 1.64. The summed E-state index contributed by atoms with van der Waals surface area (Å²) in [6, 6.07) is 3.90. The minimum Gasteiger partial charge on any atom is -0.493 e. The van der Waals surface area contributed by atoms with Crippen LogP contribution in [-0.2, 0) is 6.42 Å². The molecule has 1 aromatic rings. The molecule has 0 saturated heterocycles. The highest BCUT2D eigenvalue weighted by Crippen LogP contribution is 2.38. The molecule has 0 aliphatic heterocycles. The Morgan fingerprint density at radius 1 is 1.11 bits per heavy atom. The fourth-order valence-corrected chi connectivity index (χ4v) is 1.64. The molecule has 1 aromatic carbocycles. The molecule has 2 N–H and O–H groups in total. The molecular formula is C14H23NO3. The summed E-state index contributed by atoms with van der Waals surface area (Å²) < 4.78 is 16.5. The first-order valence-electron chi connectivity index (χ1n) is 6.20. The number of hydrogen-bond acceptors (Lipinski definition) is 4. The van der Waals surface area contributed by atoms with Crippen molar-refractivity contribution in [3.05, 3.63) is 17.7 Å². The van der Waals surface area contributed by atoms with E-state index in [0.29, 0.717) is 36.3 Å². The topological polar surface area (TPSA) is 53.7 Å². The molecule has 0 spiro atoms. The highest BCUT2D eigenvalue weighted by atomic mass is 16.5. The van der Waals surface area contributed by atoms with Crippen LogP contribution in [-0.4, -0.2) is 27.4 Å². The molecule has 0 amide bonds. The average molecular weight is 253 g/mol. The Bertz CT molecular complexity index is 352. The van der Waals surface area contributed by atoms with Gasteiger partial charge in [0.25, 0.3) is 0 Å². The Morgan fingerprint density at radius 3 is 2.06 bits per heavy atom. The zero-order chi connectivity index (χ0) is 13.5. The lowest BCUT2D eigenvalue weighted by Crippen LogP contribution is -2.08. The predicted octanol–water partition coefficient (Wildman–Crippen LogP) is 2.24. The first-order chi connectivity index (χ1) is 8.62. The van der Waals surface area contributed by atoms with Crippen molar-refractivity contribution in [2.24, 2.45) is 11.7 Å². The molecule has 0 heterocycles. The van der Waals surface area contributed by atoms with Gasteiger partial charge in [0.2, 0.25) is 5.75 Å². The summed E-state index contributed by atoms with van der Waals surface area (Å²) >= 11 is 0. The van der Waals surface area contributed by atoms with E-state index in [-0.39, 0.29) is 0 Å². The highest BCUT2D eigenvalue weighted by Gasteiger charge is 2.14. The molecule has 0 saturated carbocycles. The Hall–Kier alpha value is -1.42. The molecule has 0 aromatic heterocycles. The van der Waals surface area contributed by atoms with E-state index in [1.54, 1.807) is 14.2 Å². The van der Waals surface area contributed by atoms with Crippen LogP contribution in [0.15, 0.2) is 12.1 Å². The van der Waals surface area contributed by atoms with E-state index < -0.39 is 0 Å². The second-order valence-corrected chi connectivity index (χ2v) is 4.57. The van der Waals surface area contributed by atoms with Crippen LogP contribution in [0, 0.1) is 5.92 Å². The number of rotatable bonds is 7. The summed E-state index contributed by atoms with van der Waals surface area (Å²) in [6.45, 7) is 5.42. The van der Waals surface area contributed by atoms with Gasteiger partial charge in [0, 0.05) is 0 Å². The summed E-state index contributed by atoms with van der Waals surface area (Å²) in [5.41, 5.74) is 6.65. The lowest BCUT2D eigenvalue weighted by molar-refractivity contribution is 0.243. The molecule has 1 rings (SSSR count). The number of nitrogens with two attached hydrogens (primary N) is 1. The molecule has 0 radical (unpaired) electrons. The summed E-state index contributed by atoms with van der Waals surface area (Å²) in [7, 11) is 3.26. The Balaban J connectivity index is 3.04. The van der Waals surface area contributed by atoms with Gasteiger partial charge in [-0.2, -0.15) is 0 Å². The van der Waals surface area contributed by atoms with E-state index in [4.69, 9.17) is 19.9 Å². The van der Waals surface area contributed by atoms with Crippen LogP contribution in [0.25, 0.3) is 0 Å². The van der Waals surface area contributed by atoms with Gasteiger partial charge in [-0.3, -0.25) is 0 Å². The maximum atomic E-state index is 5.76. The van der Waals surface area contributed by atoms with Gasteiger partial charge in [-0.05, 0) is 36.6 Å². The van der Waals surface area contributed by atoms with E-state index >= 15 is 0 Å². The maximum Gasteiger partial charge on any atom is 0.203 e. The van der Waals surface area contributed by atoms with Crippen molar-refractivity contribution in [2.45, 2.75) is 20.3 Å². The number of methoxy groups -OCH3 is 2. The lowest BCUT2D eigenvalue weighted by Gasteiger charge is -2.17. The minimum atomic E-state index is 0.447. The molecule has 102 valence electrons. The molecule has 0 aliphatic carbocycles. The highest BCUT2D eigenvalue weighted by molar-refractivity contribution is 5.54. The summed E-state index contributed by atoms with van der Waals surface area (Å²) in [6.07, 6.45) is 0.789. The quantitative estimate of drug-likeness (QED) is 0.809. The molecular weight excluding hydrogens is 230 g/mol. The molecule has 4 nitrogen and oxygen atoms in total. The van der Waals surface area contributed by atoms with Gasteiger partial charge >= 0.3 is 0 Å². The normalized spacial score (nSPS) is 10.6. The summed E-state index contributed by atoms with van der Waals surface area (Å²) in [4.78, 5) is 0. The second-order valence-electron chi connectivity index (χ2n) is 4.57. The number of hydrogen-bond donors (Lipinski definition) is 1. The molecule has 18 heavy (non-hydrogen) atoms. The first-order valence-corrected chi connectivity index (χ1v) is 6.20. The third kappa shape index (κ3) is 3.81. The largest absolute Gasteiger partial charge is 0.493 e. The van der Waals surface area contributed by atoms with Gasteiger partial charge < -0.3 is 19.9 Å². The van der Waals surface area contributed by atoms with Gasteiger partial charge in [-0.1, -0.05) is 13.8 Å². The fraction of sp³-hybridized carbons (Fsp3) is 0.571. The van der Waals surface area contributed by atoms with Gasteiger partial charge in [0.05, 0.1) is 20.8 Å². The van der Waals surface area contributed by atoms with Crippen molar-refractivity contribution in [2.75, 3.05) is 27.4 Å². The summed E-state index contributed by atoms with van der Waals surface area (Å²) in [5.74, 6) is 2.49. The van der Waals surface area contributed by atoms with Gasteiger partial charge in [0.1, 0.15) is 0 Å². The van der Waals surface area contributed by atoms with E-state index in [0.717, 1.165) is 12.0 Å².